The van der Waals surface area contributed by atoms with Crippen LogP contribution in [0.3, 0.4) is 0 Å². The maximum Gasteiger partial charge on any atom is 0.333 e. The molecule has 0 saturated heterocycles. The van der Waals surface area contributed by atoms with Crippen molar-refractivity contribution in [2.75, 3.05) is 26.4 Å². The highest BCUT2D eigenvalue weighted by Crippen LogP contribution is 2.09. The minimum atomic E-state index is -0.392. The minimum absolute atomic E-state index is 0.0266. The molecule has 0 aliphatic carbocycles. The zero-order valence-corrected chi connectivity index (χ0v) is 12.2. The van der Waals surface area contributed by atoms with Gasteiger partial charge in [-0.25, -0.2) is 4.79 Å². The Balaban J connectivity index is 3.75. The van der Waals surface area contributed by atoms with Gasteiger partial charge in [0.1, 0.15) is 6.61 Å². The molecule has 0 bridgehead atoms. The number of rotatable bonds is 11. The van der Waals surface area contributed by atoms with Crippen molar-refractivity contribution in [2.24, 2.45) is 0 Å². The minimum Gasteiger partial charge on any atom is -0.460 e. The van der Waals surface area contributed by atoms with Crippen LogP contribution in [0.1, 0.15) is 33.6 Å². The molecule has 1 N–H and O–H groups in total. The second-order valence-corrected chi connectivity index (χ2v) is 4.46. The van der Waals surface area contributed by atoms with Gasteiger partial charge in [0.2, 0.25) is 0 Å². The van der Waals surface area contributed by atoms with Crippen molar-refractivity contribution in [3.8, 4) is 0 Å². The first-order valence-electron chi connectivity index (χ1n) is 6.67. The standard InChI is InChI=1S/C14H26O5/c1-5-13(10-12(4)17-7-6-15)18-8-9-19-14(16)11(2)3/h12-13,15H,2,5-10H2,1,3-4H3. The zero-order chi connectivity index (χ0) is 14.7. The van der Waals surface area contributed by atoms with Gasteiger partial charge in [-0.1, -0.05) is 13.5 Å². The van der Waals surface area contributed by atoms with E-state index in [4.69, 9.17) is 19.3 Å². The van der Waals surface area contributed by atoms with Gasteiger partial charge >= 0.3 is 5.97 Å². The Morgan fingerprint density at radius 2 is 1.95 bits per heavy atom. The van der Waals surface area contributed by atoms with Crippen LogP contribution in [0.25, 0.3) is 0 Å². The smallest absolute Gasteiger partial charge is 0.333 e. The lowest BCUT2D eigenvalue weighted by Crippen LogP contribution is -2.23. The Morgan fingerprint density at radius 1 is 1.26 bits per heavy atom. The van der Waals surface area contributed by atoms with Crippen molar-refractivity contribution in [1.29, 1.82) is 0 Å². The van der Waals surface area contributed by atoms with E-state index in [-0.39, 0.29) is 25.4 Å². The molecular weight excluding hydrogens is 248 g/mol. The Morgan fingerprint density at radius 3 is 2.47 bits per heavy atom. The normalized spacial score (nSPS) is 13.9. The Hall–Kier alpha value is -0.910. The summed E-state index contributed by atoms with van der Waals surface area (Å²) in [6.07, 6.45) is 1.72. The molecule has 0 radical (unpaired) electrons. The average Bonchev–Trinajstić information content (AvgIpc) is 2.39. The first-order chi connectivity index (χ1) is 9.01. The third-order valence-electron chi connectivity index (χ3n) is 2.56. The Labute approximate surface area is 115 Å². The molecule has 19 heavy (non-hydrogen) atoms. The van der Waals surface area contributed by atoms with Crippen LogP contribution in [0.15, 0.2) is 12.2 Å². The molecule has 0 fully saturated rings. The van der Waals surface area contributed by atoms with Crippen LogP contribution in [-0.4, -0.2) is 49.7 Å². The van der Waals surface area contributed by atoms with Crippen molar-refractivity contribution >= 4 is 5.97 Å². The van der Waals surface area contributed by atoms with E-state index in [9.17, 15) is 4.79 Å². The fraction of sp³-hybridized carbons (Fsp3) is 0.786. The molecule has 0 rings (SSSR count). The Kier molecular flexibility index (Phi) is 10.4. The highest BCUT2D eigenvalue weighted by molar-refractivity contribution is 5.86. The molecular formula is C14H26O5. The fourth-order valence-corrected chi connectivity index (χ4v) is 1.52. The number of carbonyl (C=O) groups excluding carboxylic acids is 1. The molecule has 0 aromatic carbocycles. The summed E-state index contributed by atoms with van der Waals surface area (Å²) in [4.78, 5) is 11.1. The van der Waals surface area contributed by atoms with Gasteiger partial charge in [0.05, 0.1) is 32.0 Å². The number of esters is 1. The molecule has 112 valence electrons. The van der Waals surface area contributed by atoms with Crippen LogP contribution < -0.4 is 0 Å². The second-order valence-electron chi connectivity index (χ2n) is 4.46. The quantitative estimate of drug-likeness (QED) is 0.353. The molecule has 2 unspecified atom stereocenters. The number of carbonyl (C=O) groups is 1. The lowest BCUT2D eigenvalue weighted by atomic mass is 10.1. The van der Waals surface area contributed by atoms with E-state index in [1.165, 1.54) is 0 Å². The van der Waals surface area contributed by atoms with Gasteiger partial charge in [-0.15, -0.1) is 0 Å². The van der Waals surface area contributed by atoms with Crippen molar-refractivity contribution in [3.63, 3.8) is 0 Å². The maximum absolute atomic E-state index is 11.1. The first kappa shape index (κ1) is 18.1. The van der Waals surface area contributed by atoms with Crippen molar-refractivity contribution in [3.05, 3.63) is 12.2 Å². The molecule has 0 aromatic heterocycles. The molecule has 5 nitrogen and oxygen atoms in total. The third kappa shape index (κ3) is 9.64. The van der Waals surface area contributed by atoms with Crippen LogP contribution in [0.2, 0.25) is 0 Å². The van der Waals surface area contributed by atoms with Crippen LogP contribution >= 0.6 is 0 Å². The van der Waals surface area contributed by atoms with Gasteiger partial charge < -0.3 is 19.3 Å². The fourth-order valence-electron chi connectivity index (χ4n) is 1.52. The van der Waals surface area contributed by atoms with Gasteiger partial charge in [-0.3, -0.25) is 0 Å². The highest BCUT2D eigenvalue weighted by Gasteiger charge is 2.12. The highest BCUT2D eigenvalue weighted by atomic mass is 16.6. The largest absolute Gasteiger partial charge is 0.460 e. The molecule has 0 aromatic rings. The summed E-state index contributed by atoms with van der Waals surface area (Å²) < 4.78 is 15.9. The lowest BCUT2D eigenvalue weighted by molar-refractivity contribution is -0.141. The van der Waals surface area contributed by atoms with E-state index in [1.807, 2.05) is 13.8 Å². The summed E-state index contributed by atoms with van der Waals surface area (Å²) in [5.74, 6) is -0.392. The first-order valence-corrected chi connectivity index (χ1v) is 6.67. The summed E-state index contributed by atoms with van der Waals surface area (Å²) >= 11 is 0. The van der Waals surface area contributed by atoms with Gasteiger partial charge in [0, 0.05) is 5.57 Å². The van der Waals surface area contributed by atoms with E-state index < -0.39 is 5.97 Å². The summed E-state index contributed by atoms with van der Waals surface area (Å²) in [6, 6.07) is 0. The van der Waals surface area contributed by atoms with Gasteiger partial charge in [-0.05, 0) is 26.7 Å². The van der Waals surface area contributed by atoms with Crippen molar-refractivity contribution in [2.45, 2.75) is 45.8 Å². The van der Waals surface area contributed by atoms with E-state index >= 15 is 0 Å². The van der Waals surface area contributed by atoms with Crippen molar-refractivity contribution in [1.82, 2.24) is 0 Å². The predicted octanol–water partition coefficient (Wildman–Crippen LogP) is 1.69. The number of hydrogen-bond donors (Lipinski definition) is 1. The molecule has 0 heterocycles. The number of aliphatic hydroxyl groups excluding tert-OH is 1. The number of aliphatic hydroxyl groups is 1. The summed E-state index contributed by atoms with van der Waals surface area (Å²) in [5.41, 5.74) is 0.387. The predicted molar refractivity (Wildman–Crippen MR) is 72.9 cm³/mol. The summed E-state index contributed by atoms with van der Waals surface area (Å²) in [6.45, 7) is 10.1. The Bertz CT molecular complexity index is 265. The SMILES string of the molecule is C=C(C)C(=O)OCCOC(CC)CC(C)OCCO. The van der Waals surface area contributed by atoms with Crippen LogP contribution in [0, 0.1) is 0 Å². The van der Waals surface area contributed by atoms with Crippen LogP contribution in [-0.2, 0) is 19.0 Å². The second kappa shape index (κ2) is 11.0. The molecule has 0 aliphatic heterocycles. The molecule has 0 spiro atoms. The zero-order valence-electron chi connectivity index (χ0n) is 12.2. The van der Waals surface area contributed by atoms with E-state index in [1.54, 1.807) is 6.92 Å². The monoisotopic (exact) mass is 274 g/mol. The van der Waals surface area contributed by atoms with E-state index in [0.717, 1.165) is 12.8 Å². The topological polar surface area (TPSA) is 65.0 Å². The lowest BCUT2D eigenvalue weighted by Gasteiger charge is -2.20. The molecule has 0 aliphatic rings. The van der Waals surface area contributed by atoms with E-state index in [2.05, 4.69) is 6.58 Å². The van der Waals surface area contributed by atoms with Crippen LogP contribution in [0.5, 0.6) is 0 Å². The van der Waals surface area contributed by atoms with Gasteiger partial charge in [0.15, 0.2) is 0 Å². The maximum atomic E-state index is 11.1. The summed E-state index contributed by atoms with van der Waals surface area (Å²) in [5, 5.41) is 8.66. The molecule has 5 heteroatoms. The van der Waals surface area contributed by atoms with Gasteiger partial charge in [0.25, 0.3) is 0 Å². The molecule has 0 saturated carbocycles. The number of hydrogen-bond acceptors (Lipinski definition) is 5. The average molecular weight is 274 g/mol. The third-order valence-corrected chi connectivity index (χ3v) is 2.56. The van der Waals surface area contributed by atoms with Crippen LogP contribution in [0.4, 0.5) is 0 Å². The number of ether oxygens (including phenoxy) is 3. The van der Waals surface area contributed by atoms with E-state index in [0.29, 0.717) is 18.8 Å². The van der Waals surface area contributed by atoms with Crippen molar-refractivity contribution < 1.29 is 24.1 Å². The van der Waals surface area contributed by atoms with Gasteiger partial charge in [-0.2, -0.15) is 0 Å². The molecule has 2 atom stereocenters. The summed E-state index contributed by atoms with van der Waals surface area (Å²) in [7, 11) is 0. The molecule has 0 amide bonds.